The topological polar surface area (TPSA) is 161 Å². The summed E-state index contributed by atoms with van der Waals surface area (Å²) >= 11 is 0. The molecule has 0 atom stereocenters. The number of piperidine rings is 1. The molecule has 4 N–H and O–H groups in total. The molecular formula is C26H29F3N4O8S. The van der Waals surface area contributed by atoms with Crippen LogP contribution >= 0.6 is 0 Å². The van der Waals surface area contributed by atoms with E-state index in [1.807, 2.05) is 0 Å². The Labute approximate surface area is 238 Å². The van der Waals surface area contributed by atoms with Crippen LogP contribution < -0.4 is 26.0 Å². The molecule has 0 bridgehead atoms. The molecule has 16 heteroatoms. The first-order valence-corrected chi connectivity index (χ1v) is 14.3. The largest absolute Gasteiger partial charge is 0.573 e. The van der Waals surface area contributed by atoms with Gasteiger partial charge in [0.15, 0.2) is 14.6 Å². The Kier molecular flexibility index (Phi) is 8.89. The van der Waals surface area contributed by atoms with E-state index in [4.69, 9.17) is 4.74 Å². The number of halogens is 3. The highest BCUT2D eigenvalue weighted by molar-refractivity contribution is 7.93. The van der Waals surface area contributed by atoms with Crippen LogP contribution in [0, 0.1) is 6.92 Å². The first kappa shape index (κ1) is 30.9. The van der Waals surface area contributed by atoms with Gasteiger partial charge in [0.1, 0.15) is 11.5 Å². The van der Waals surface area contributed by atoms with Gasteiger partial charge in [-0.3, -0.25) is 19.1 Å². The van der Waals surface area contributed by atoms with E-state index in [0.29, 0.717) is 18.8 Å². The van der Waals surface area contributed by atoms with E-state index in [0.717, 1.165) is 21.3 Å². The van der Waals surface area contributed by atoms with Gasteiger partial charge in [-0.2, -0.15) is 0 Å². The average Bonchev–Trinajstić information content (AvgIpc) is 3.17. The zero-order chi connectivity index (χ0) is 30.7. The van der Waals surface area contributed by atoms with E-state index in [2.05, 4.69) is 10.1 Å². The molecule has 0 radical (unpaired) electrons. The maximum Gasteiger partial charge on any atom is 0.573 e. The highest BCUT2D eigenvalue weighted by Gasteiger charge is 2.51. The van der Waals surface area contributed by atoms with Gasteiger partial charge in [0.2, 0.25) is 5.88 Å². The summed E-state index contributed by atoms with van der Waals surface area (Å²) in [5.74, 6) is -1.43. The Balaban J connectivity index is 1.40. The van der Waals surface area contributed by atoms with Gasteiger partial charge in [-0.05, 0) is 87.8 Å². The van der Waals surface area contributed by atoms with E-state index in [9.17, 15) is 41.5 Å². The molecule has 4 rings (SSSR count). The molecule has 1 amide bonds. The number of nitrogens with one attached hydrogen (secondary N) is 2. The summed E-state index contributed by atoms with van der Waals surface area (Å²) in [7, 11) is -4.15. The van der Waals surface area contributed by atoms with E-state index >= 15 is 0 Å². The van der Waals surface area contributed by atoms with Crippen molar-refractivity contribution < 1.29 is 46.2 Å². The van der Waals surface area contributed by atoms with Gasteiger partial charge < -0.3 is 19.9 Å². The number of sulfone groups is 1. The second-order valence-electron chi connectivity index (χ2n) is 9.58. The van der Waals surface area contributed by atoms with Crippen molar-refractivity contribution in [1.29, 1.82) is 0 Å². The van der Waals surface area contributed by atoms with Crippen LogP contribution in [0.2, 0.25) is 0 Å². The molecule has 228 valence electrons. The van der Waals surface area contributed by atoms with Crippen molar-refractivity contribution in [3.8, 4) is 23.1 Å². The number of nitrogens with zero attached hydrogens (tertiary/aromatic N) is 2. The number of rotatable bonds is 10. The van der Waals surface area contributed by atoms with Crippen LogP contribution in [0.5, 0.6) is 17.4 Å². The number of carbonyl (C=O) groups excluding carboxylic acids is 1. The standard InChI is InChI=1S/C26H29F3N4O8S/c1-17-22(34)32(24(36)33(17)18-3-5-20(6-4-18)41-26(27,28)29)15-2-16-40-19-7-9-21(10-8-19)42(38,39)25(23(35)31-37)11-13-30-14-12-25/h3-10,30,34,37H,2,11-16H2,1H3,(H,31,35). The second kappa shape index (κ2) is 12.1. The van der Waals surface area contributed by atoms with Gasteiger partial charge in [0, 0.05) is 6.54 Å². The maximum atomic E-state index is 13.4. The lowest BCUT2D eigenvalue weighted by molar-refractivity contribution is -0.274. The third-order valence-corrected chi connectivity index (χ3v) is 9.55. The minimum atomic E-state index is -4.86. The molecule has 42 heavy (non-hydrogen) atoms. The van der Waals surface area contributed by atoms with Crippen molar-refractivity contribution >= 4 is 15.7 Å². The van der Waals surface area contributed by atoms with Crippen LogP contribution in [0.15, 0.2) is 58.2 Å². The van der Waals surface area contributed by atoms with Crippen LogP contribution in [-0.2, 0) is 21.2 Å². The monoisotopic (exact) mass is 614 g/mol. The first-order chi connectivity index (χ1) is 19.8. The molecule has 1 saturated heterocycles. The summed E-state index contributed by atoms with van der Waals surface area (Å²) in [6.07, 6.45) is -4.61. The zero-order valence-corrected chi connectivity index (χ0v) is 23.2. The number of carbonyl (C=O) groups is 1. The van der Waals surface area contributed by atoms with Gasteiger partial charge in [0.25, 0.3) is 5.91 Å². The summed E-state index contributed by atoms with van der Waals surface area (Å²) < 4.78 is 73.9. The molecule has 1 aliphatic rings. The van der Waals surface area contributed by atoms with E-state index in [-0.39, 0.29) is 54.6 Å². The predicted molar refractivity (Wildman–Crippen MR) is 142 cm³/mol. The quantitative estimate of drug-likeness (QED) is 0.153. The highest BCUT2D eigenvalue weighted by Crippen LogP contribution is 2.35. The van der Waals surface area contributed by atoms with Gasteiger partial charge in [0.05, 0.1) is 22.9 Å². The average molecular weight is 615 g/mol. The molecule has 12 nitrogen and oxygen atoms in total. The number of hydrogen-bond donors (Lipinski definition) is 4. The minimum absolute atomic E-state index is 0.00875. The normalized spacial score (nSPS) is 15.3. The van der Waals surface area contributed by atoms with Gasteiger partial charge >= 0.3 is 12.1 Å². The smallest absolute Gasteiger partial charge is 0.494 e. The molecule has 0 saturated carbocycles. The fraction of sp³-hybridized carbons (Fsp3) is 0.385. The number of aromatic hydroxyl groups is 1. The molecule has 1 aromatic heterocycles. The number of benzene rings is 2. The van der Waals surface area contributed by atoms with Crippen LogP contribution in [0.3, 0.4) is 0 Å². The lowest BCUT2D eigenvalue weighted by Crippen LogP contribution is -2.57. The molecule has 0 unspecified atom stereocenters. The summed E-state index contributed by atoms with van der Waals surface area (Å²) in [4.78, 5) is 25.2. The highest BCUT2D eigenvalue weighted by atomic mass is 32.2. The van der Waals surface area contributed by atoms with E-state index < -0.39 is 38.3 Å². The third-order valence-electron chi connectivity index (χ3n) is 7.04. The Morgan fingerprint density at radius 1 is 1.07 bits per heavy atom. The van der Waals surface area contributed by atoms with Crippen molar-refractivity contribution in [2.24, 2.45) is 0 Å². The third kappa shape index (κ3) is 6.10. The molecule has 0 spiro atoms. The number of hydrogen-bond acceptors (Lipinski definition) is 9. The molecule has 3 aromatic rings. The van der Waals surface area contributed by atoms with Crippen LogP contribution in [0.4, 0.5) is 13.2 Å². The van der Waals surface area contributed by atoms with Crippen LogP contribution in [-0.4, -0.2) is 64.6 Å². The summed E-state index contributed by atoms with van der Waals surface area (Å²) in [6, 6.07) is 10.1. The van der Waals surface area contributed by atoms with Crippen LogP contribution in [0.1, 0.15) is 25.0 Å². The molecule has 1 aliphatic heterocycles. The Morgan fingerprint density at radius 2 is 1.67 bits per heavy atom. The zero-order valence-electron chi connectivity index (χ0n) is 22.3. The summed E-state index contributed by atoms with van der Waals surface area (Å²) in [5.41, 5.74) is 1.29. The summed E-state index contributed by atoms with van der Waals surface area (Å²) in [5, 5.41) is 22.7. The Hall–Kier alpha value is -4.02. The molecule has 2 aromatic carbocycles. The number of ether oxygens (including phenoxy) is 2. The fourth-order valence-electron chi connectivity index (χ4n) is 4.86. The lowest BCUT2D eigenvalue weighted by Gasteiger charge is -2.34. The SMILES string of the molecule is Cc1c(O)n(CCCOc2ccc(S(=O)(=O)C3(C(=O)NO)CCNCC3)cc2)c(=O)n1-c1ccc(OC(F)(F)F)cc1. The Morgan fingerprint density at radius 3 is 2.24 bits per heavy atom. The van der Waals surface area contributed by atoms with E-state index in [1.54, 1.807) is 0 Å². The van der Waals surface area contributed by atoms with Crippen molar-refractivity contribution in [3.63, 3.8) is 0 Å². The molecular weight excluding hydrogens is 585 g/mol. The number of imidazole rings is 1. The number of hydroxylamine groups is 1. The van der Waals surface area contributed by atoms with Crippen LogP contribution in [0.25, 0.3) is 5.69 Å². The predicted octanol–water partition coefficient (Wildman–Crippen LogP) is 2.42. The van der Waals surface area contributed by atoms with Crippen molar-refractivity contribution in [3.05, 3.63) is 64.7 Å². The summed E-state index contributed by atoms with van der Waals surface area (Å²) in [6.45, 7) is 2.20. The van der Waals surface area contributed by atoms with E-state index in [1.165, 1.54) is 48.8 Å². The number of alkyl halides is 3. The van der Waals surface area contributed by atoms with Gasteiger partial charge in [-0.15, -0.1) is 13.2 Å². The Bertz CT molecular complexity index is 1580. The van der Waals surface area contributed by atoms with Crippen molar-refractivity contribution in [1.82, 2.24) is 19.9 Å². The van der Waals surface area contributed by atoms with Gasteiger partial charge in [-0.25, -0.2) is 18.7 Å². The van der Waals surface area contributed by atoms with Crippen molar-refractivity contribution in [2.75, 3.05) is 19.7 Å². The minimum Gasteiger partial charge on any atom is -0.494 e. The number of amides is 1. The second-order valence-corrected chi connectivity index (χ2v) is 11.8. The molecule has 0 aliphatic carbocycles. The first-order valence-electron chi connectivity index (χ1n) is 12.8. The molecule has 2 heterocycles. The maximum absolute atomic E-state index is 13.4. The lowest BCUT2D eigenvalue weighted by atomic mass is 9.96. The van der Waals surface area contributed by atoms with Crippen molar-refractivity contribution in [2.45, 2.75) is 48.7 Å². The fourth-order valence-corrected chi connectivity index (χ4v) is 6.83. The number of aromatic nitrogens is 2. The molecule has 1 fully saturated rings. The van der Waals surface area contributed by atoms with Gasteiger partial charge in [-0.1, -0.05) is 0 Å².